The molecule has 0 spiro atoms. The van der Waals surface area contributed by atoms with Crippen molar-refractivity contribution >= 4 is 5.91 Å². The average molecular weight is 277 g/mol. The highest BCUT2D eigenvalue weighted by Crippen LogP contribution is 2.39. The van der Waals surface area contributed by atoms with E-state index in [0.29, 0.717) is 5.56 Å². The van der Waals surface area contributed by atoms with E-state index in [9.17, 15) is 9.18 Å². The minimum Gasteiger partial charge on any atom is -0.374 e. The van der Waals surface area contributed by atoms with Gasteiger partial charge in [-0.3, -0.25) is 4.79 Å². The molecule has 3 rings (SSSR count). The third kappa shape index (κ3) is 2.44. The number of fused-ring (bicyclic) bond motifs is 2. The number of aryl methyl sites for hydroxylation is 1. The highest BCUT2D eigenvalue weighted by atomic mass is 19.1. The molecule has 0 aromatic heterocycles. The molecule has 1 aromatic carbocycles. The lowest BCUT2D eigenvalue weighted by atomic mass is 9.88. The normalized spacial score (nSPS) is 29.4. The minimum atomic E-state index is -0.230. The zero-order chi connectivity index (χ0) is 14.3. The first-order valence-electron chi connectivity index (χ1n) is 7.26. The fourth-order valence-electron chi connectivity index (χ4n) is 3.20. The maximum atomic E-state index is 13.6. The monoisotopic (exact) mass is 277 g/mol. The Bertz CT molecular complexity index is 531. The van der Waals surface area contributed by atoms with Gasteiger partial charge in [0.2, 0.25) is 5.91 Å². The molecule has 1 N–H and O–H groups in total. The smallest absolute Gasteiger partial charge is 0.226 e. The van der Waals surface area contributed by atoms with Crippen molar-refractivity contribution in [2.45, 2.75) is 51.4 Å². The van der Waals surface area contributed by atoms with Crippen molar-refractivity contribution in [1.82, 2.24) is 5.32 Å². The zero-order valence-electron chi connectivity index (χ0n) is 11.9. The standard InChI is InChI=1S/C16H20FNO2/c1-9-3-4-11(7-14(9)17)10(2)18-16(19)13-8-12-5-6-15(13)20-12/h3-4,7,10,12-13,15H,5-6,8H2,1-2H3,(H,18,19). The maximum Gasteiger partial charge on any atom is 0.226 e. The number of halogens is 1. The molecule has 4 atom stereocenters. The number of amides is 1. The highest BCUT2D eigenvalue weighted by molar-refractivity contribution is 5.80. The van der Waals surface area contributed by atoms with Crippen molar-refractivity contribution in [3.05, 3.63) is 35.1 Å². The summed E-state index contributed by atoms with van der Waals surface area (Å²) in [5.74, 6) is -0.232. The van der Waals surface area contributed by atoms with Gasteiger partial charge in [-0.2, -0.15) is 0 Å². The van der Waals surface area contributed by atoms with Crippen LogP contribution < -0.4 is 5.32 Å². The van der Waals surface area contributed by atoms with E-state index in [-0.39, 0.29) is 35.9 Å². The Kier molecular flexibility index (Phi) is 3.50. The molecule has 2 fully saturated rings. The molecule has 2 bridgehead atoms. The summed E-state index contributed by atoms with van der Waals surface area (Å²) in [5, 5.41) is 2.98. The predicted molar refractivity (Wildman–Crippen MR) is 73.7 cm³/mol. The van der Waals surface area contributed by atoms with Crippen LogP contribution in [0.25, 0.3) is 0 Å². The molecule has 0 aliphatic carbocycles. The maximum absolute atomic E-state index is 13.6. The van der Waals surface area contributed by atoms with Crippen LogP contribution in [0.4, 0.5) is 4.39 Å². The van der Waals surface area contributed by atoms with Crippen LogP contribution in [0.5, 0.6) is 0 Å². The Morgan fingerprint density at radius 1 is 1.45 bits per heavy atom. The van der Waals surface area contributed by atoms with Gasteiger partial charge in [0, 0.05) is 0 Å². The number of hydrogen-bond acceptors (Lipinski definition) is 2. The molecule has 20 heavy (non-hydrogen) atoms. The summed E-state index contributed by atoms with van der Waals surface area (Å²) < 4.78 is 19.3. The third-order valence-corrected chi connectivity index (χ3v) is 4.50. The van der Waals surface area contributed by atoms with Crippen LogP contribution in [0.3, 0.4) is 0 Å². The summed E-state index contributed by atoms with van der Waals surface area (Å²) in [4.78, 5) is 12.3. The van der Waals surface area contributed by atoms with Crippen molar-refractivity contribution in [1.29, 1.82) is 0 Å². The summed E-state index contributed by atoms with van der Waals surface area (Å²) in [6.45, 7) is 3.62. The first-order valence-corrected chi connectivity index (χ1v) is 7.26. The quantitative estimate of drug-likeness (QED) is 0.922. The first-order chi connectivity index (χ1) is 9.54. The molecule has 2 aliphatic rings. The van der Waals surface area contributed by atoms with Crippen LogP contribution in [-0.4, -0.2) is 18.1 Å². The average Bonchev–Trinajstić information content (AvgIpc) is 3.04. The van der Waals surface area contributed by atoms with Crippen LogP contribution in [0.2, 0.25) is 0 Å². The molecule has 4 unspecified atom stereocenters. The van der Waals surface area contributed by atoms with E-state index in [1.165, 1.54) is 6.07 Å². The Morgan fingerprint density at radius 3 is 2.85 bits per heavy atom. The number of ether oxygens (including phenoxy) is 1. The summed E-state index contributed by atoms with van der Waals surface area (Å²) in [6, 6.07) is 4.92. The minimum absolute atomic E-state index is 0.0330. The van der Waals surface area contributed by atoms with Gasteiger partial charge < -0.3 is 10.1 Å². The molecule has 1 aromatic rings. The first kappa shape index (κ1) is 13.6. The van der Waals surface area contributed by atoms with Gasteiger partial charge in [0.15, 0.2) is 0 Å². The number of rotatable bonds is 3. The van der Waals surface area contributed by atoms with Gasteiger partial charge in [0.05, 0.1) is 24.2 Å². The second kappa shape index (κ2) is 5.17. The lowest BCUT2D eigenvalue weighted by molar-refractivity contribution is -0.127. The van der Waals surface area contributed by atoms with Crippen molar-refractivity contribution in [2.75, 3.05) is 0 Å². The molecule has 2 aliphatic heterocycles. The molecule has 2 heterocycles. The largest absolute Gasteiger partial charge is 0.374 e. The molecule has 108 valence electrons. The lowest BCUT2D eigenvalue weighted by Gasteiger charge is -2.21. The molecule has 0 saturated carbocycles. The zero-order valence-corrected chi connectivity index (χ0v) is 11.9. The molecular weight excluding hydrogens is 257 g/mol. The van der Waals surface area contributed by atoms with E-state index in [1.807, 2.05) is 13.0 Å². The fourth-order valence-corrected chi connectivity index (χ4v) is 3.20. The number of carbonyl (C=O) groups is 1. The topological polar surface area (TPSA) is 38.3 Å². The third-order valence-electron chi connectivity index (χ3n) is 4.50. The molecule has 4 heteroatoms. The second-order valence-corrected chi connectivity index (χ2v) is 5.95. The summed E-state index contributed by atoms with van der Waals surface area (Å²) >= 11 is 0. The molecule has 2 saturated heterocycles. The Balaban J connectivity index is 1.65. The number of hydrogen-bond donors (Lipinski definition) is 1. The van der Waals surface area contributed by atoms with E-state index < -0.39 is 0 Å². The van der Waals surface area contributed by atoms with Crippen molar-refractivity contribution in [3.63, 3.8) is 0 Å². The van der Waals surface area contributed by atoms with Crippen LogP contribution in [0, 0.1) is 18.7 Å². The van der Waals surface area contributed by atoms with Crippen molar-refractivity contribution < 1.29 is 13.9 Å². The lowest BCUT2D eigenvalue weighted by Crippen LogP contribution is -2.37. The van der Waals surface area contributed by atoms with Crippen LogP contribution in [-0.2, 0) is 9.53 Å². The van der Waals surface area contributed by atoms with Gasteiger partial charge in [0.25, 0.3) is 0 Å². The Labute approximate surface area is 118 Å². The van der Waals surface area contributed by atoms with Gasteiger partial charge in [-0.05, 0) is 50.3 Å². The summed E-state index contributed by atoms with van der Waals surface area (Å²) in [7, 11) is 0. The van der Waals surface area contributed by atoms with Gasteiger partial charge in [-0.15, -0.1) is 0 Å². The van der Waals surface area contributed by atoms with Gasteiger partial charge in [-0.25, -0.2) is 4.39 Å². The second-order valence-electron chi connectivity index (χ2n) is 5.95. The van der Waals surface area contributed by atoms with Gasteiger partial charge in [-0.1, -0.05) is 12.1 Å². The number of carbonyl (C=O) groups excluding carboxylic acids is 1. The fraction of sp³-hybridized carbons (Fsp3) is 0.562. The number of nitrogens with one attached hydrogen (secondary N) is 1. The van der Waals surface area contributed by atoms with Crippen molar-refractivity contribution in [2.24, 2.45) is 5.92 Å². The number of benzene rings is 1. The van der Waals surface area contributed by atoms with E-state index >= 15 is 0 Å². The van der Waals surface area contributed by atoms with Crippen LogP contribution >= 0.6 is 0 Å². The van der Waals surface area contributed by atoms with Crippen LogP contribution in [0.15, 0.2) is 18.2 Å². The molecule has 1 amide bonds. The van der Waals surface area contributed by atoms with E-state index in [4.69, 9.17) is 4.74 Å². The summed E-state index contributed by atoms with van der Waals surface area (Å²) in [6.07, 6.45) is 3.24. The van der Waals surface area contributed by atoms with E-state index in [0.717, 1.165) is 24.8 Å². The van der Waals surface area contributed by atoms with Gasteiger partial charge in [0.1, 0.15) is 5.82 Å². The van der Waals surface area contributed by atoms with E-state index in [2.05, 4.69) is 5.32 Å². The highest BCUT2D eigenvalue weighted by Gasteiger charge is 2.44. The molecular formula is C16H20FNO2. The van der Waals surface area contributed by atoms with Gasteiger partial charge >= 0.3 is 0 Å². The summed E-state index contributed by atoms with van der Waals surface area (Å²) in [5.41, 5.74) is 1.42. The Morgan fingerprint density at radius 2 is 2.25 bits per heavy atom. The predicted octanol–water partition coefficient (Wildman–Crippen LogP) is 2.88. The van der Waals surface area contributed by atoms with E-state index in [1.54, 1.807) is 13.0 Å². The van der Waals surface area contributed by atoms with Crippen molar-refractivity contribution in [3.8, 4) is 0 Å². The SMILES string of the molecule is Cc1ccc(C(C)NC(=O)C2CC3CCC2O3)cc1F. The Hall–Kier alpha value is -1.42. The molecule has 0 radical (unpaired) electrons. The van der Waals surface area contributed by atoms with Crippen LogP contribution in [0.1, 0.15) is 43.4 Å². The molecule has 3 nitrogen and oxygen atoms in total.